The third-order valence-electron chi connectivity index (χ3n) is 1.76. The standard InChI is InChI=1S/C9H11F2NO2/c1-9(10,11)8(13)7-6(14-2)4-3-5-12-7/h3-5,8,13H,1-2H3. The van der Waals surface area contributed by atoms with Gasteiger partial charge in [-0.25, -0.2) is 8.78 Å². The van der Waals surface area contributed by atoms with Crippen molar-refractivity contribution in [2.45, 2.75) is 19.0 Å². The van der Waals surface area contributed by atoms with Gasteiger partial charge in [-0.3, -0.25) is 4.98 Å². The molecule has 0 saturated carbocycles. The number of methoxy groups -OCH3 is 1. The number of aliphatic hydroxyl groups is 1. The summed E-state index contributed by atoms with van der Waals surface area (Å²) in [5.74, 6) is -3.08. The molecule has 0 saturated heterocycles. The SMILES string of the molecule is COc1cccnc1C(O)C(C)(F)F. The van der Waals surface area contributed by atoms with Crippen LogP contribution in [0.2, 0.25) is 0 Å². The van der Waals surface area contributed by atoms with Crippen LogP contribution < -0.4 is 4.74 Å². The number of ether oxygens (including phenoxy) is 1. The lowest BCUT2D eigenvalue weighted by molar-refractivity contribution is -0.0979. The summed E-state index contributed by atoms with van der Waals surface area (Å²) in [4.78, 5) is 3.66. The summed E-state index contributed by atoms with van der Waals surface area (Å²) < 4.78 is 30.4. The lowest BCUT2D eigenvalue weighted by Gasteiger charge is -2.19. The highest BCUT2D eigenvalue weighted by molar-refractivity contribution is 5.29. The molecule has 0 aliphatic rings. The van der Waals surface area contributed by atoms with Gasteiger partial charge in [-0.15, -0.1) is 0 Å². The molecule has 1 aromatic rings. The van der Waals surface area contributed by atoms with Crippen molar-refractivity contribution < 1.29 is 18.6 Å². The van der Waals surface area contributed by atoms with Crippen molar-refractivity contribution in [1.82, 2.24) is 4.98 Å². The average molecular weight is 203 g/mol. The van der Waals surface area contributed by atoms with Gasteiger partial charge in [0.1, 0.15) is 11.4 Å². The van der Waals surface area contributed by atoms with E-state index >= 15 is 0 Å². The van der Waals surface area contributed by atoms with Crippen molar-refractivity contribution in [2.75, 3.05) is 7.11 Å². The van der Waals surface area contributed by atoms with E-state index in [9.17, 15) is 13.9 Å². The van der Waals surface area contributed by atoms with Gasteiger partial charge in [-0.1, -0.05) is 0 Å². The van der Waals surface area contributed by atoms with E-state index in [2.05, 4.69) is 4.98 Å². The second-order valence-electron chi connectivity index (χ2n) is 2.95. The molecule has 1 heterocycles. The molecule has 0 aromatic carbocycles. The molecule has 5 heteroatoms. The second-order valence-corrected chi connectivity index (χ2v) is 2.95. The molecule has 0 amide bonds. The fraction of sp³-hybridized carbons (Fsp3) is 0.444. The molecule has 0 spiro atoms. The lowest BCUT2D eigenvalue weighted by atomic mass is 10.1. The van der Waals surface area contributed by atoms with E-state index < -0.39 is 12.0 Å². The molecule has 0 fully saturated rings. The van der Waals surface area contributed by atoms with Crippen molar-refractivity contribution in [3.63, 3.8) is 0 Å². The lowest BCUT2D eigenvalue weighted by Crippen LogP contribution is -2.23. The van der Waals surface area contributed by atoms with Crippen LogP contribution in [0.15, 0.2) is 18.3 Å². The van der Waals surface area contributed by atoms with Crippen molar-refractivity contribution in [1.29, 1.82) is 0 Å². The topological polar surface area (TPSA) is 42.4 Å². The summed E-state index contributed by atoms with van der Waals surface area (Å²) in [6.45, 7) is 0.631. The first-order valence-electron chi connectivity index (χ1n) is 4.01. The van der Waals surface area contributed by atoms with E-state index in [0.29, 0.717) is 6.92 Å². The number of halogens is 2. The van der Waals surface area contributed by atoms with Gasteiger partial charge in [0.2, 0.25) is 0 Å². The molecule has 0 aliphatic carbocycles. The minimum Gasteiger partial charge on any atom is -0.495 e. The molecule has 78 valence electrons. The fourth-order valence-corrected chi connectivity index (χ4v) is 1.02. The van der Waals surface area contributed by atoms with Crippen molar-refractivity contribution in [3.05, 3.63) is 24.0 Å². The molecule has 0 radical (unpaired) electrons. The molecule has 0 aliphatic heterocycles. The maximum atomic E-state index is 12.8. The Morgan fingerprint density at radius 1 is 1.57 bits per heavy atom. The van der Waals surface area contributed by atoms with Crippen LogP contribution in [-0.2, 0) is 0 Å². The van der Waals surface area contributed by atoms with Gasteiger partial charge < -0.3 is 9.84 Å². The first-order valence-corrected chi connectivity index (χ1v) is 4.01. The smallest absolute Gasteiger partial charge is 0.276 e. The van der Waals surface area contributed by atoms with E-state index in [0.717, 1.165) is 0 Å². The van der Waals surface area contributed by atoms with Gasteiger partial charge >= 0.3 is 0 Å². The summed E-state index contributed by atoms with van der Waals surface area (Å²) in [5, 5.41) is 9.28. The summed E-state index contributed by atoms with van der Waals surface area (Å²) in [6, 6.07) is 3.01. The third-order valence-corrected chi connectivity index (χ3v) is 1.76. The Bertz CT molecular complexity index is 312. The number of aromatic nitrogens is 1. The molecule has 3 nitrogen and oxygen atoms in total. The average Bonchev–Trinajstić information content (AvgIpc) is 2.15. The Hall–Kier alpha value is -1.23. The van der Waals surface area contributed by atoms with Gasteiger partial charge in [-0.2, -0.15) is 0 Å². The van der Waals surface area contributed by atoms with Crippen LogP contribution in [0.25, 0.3) is 0 Å². The van der Waals surface area contributed by atoms with Crippen LogP contribution >= 0.6 is 0 Å². The van der Waals surface area contributed by atoms with Crippen molar-refractivity contribution in [2.24, 2.45) is 0 Å². The zero-order valence-electron chi connectivity index (χ0n) is 7.87. The van der Waals surface area contributed by atoms with Crippen molar-refractivity contribution >= 4 is 0 Å². The Morgan fingerprint density at radius 2 is 2.21 bits per heavy atom. The Morgan fingerprint density at radius 3 is 2.71 bits per heavy atom. The number of hydrogen-bond acceptors (Lipinski definition) is 3. The van der Waals surface area contributed by atoms with E-state index in [1.807, 2.05) is 0 Å². The number of aliphatic hydroxyl groups excluding tert-OH is 1. The number of hydrogen-bond donors (Lipinski definition) is 1. The van der Waals surface area contributed by atoms with Crippen LogP contribution in [0.3, 0.4) is 0 Å². The third kappa shape index (κ3) is 2.17. The molecule has 14 heavy (non-hydrogen) atoms. The molecule has 1 rings (SSSR count). The molecule has 1 atom stereocenters. The minimum absolute atomic E-state index is 0.150. The second kappa shape index (κ2) is 3.88. The van der Waals surface area contributed by atoms with Crippen LogP contribution in [0.1, 0.15) is 18.7 Å². The van der Waals surface area contributed by atoms with Gasteiger partial charge in [0.25, 0.3) is 5.92 Å². The van der Waals surface area contributed by atoms with Crippen LogP contribution in [0.5, 0.6) is 5.75 Å². The van der Waals surface area contributed by atoms with E-state index in [1.165, 1.54) is 19.4 Å². The first kappa shape index (κ1) is 10.8. The predicted molar refractivity (Wildman–Crippen MR) is 46.4 cm³/mol. The zero-order valence-corrected chi connectivity index (χ0v) is 7.87. The maximum absolute atomic E-state index is 12.8. The van der Waals surface area contributed by atoms with Crippen LogP contribution in [0.4, 0.5) is 8.78 Å². The molecule has 1 N–H and O–H groups in total. The summed E-state index contributed by atoms with van der Waals surface area (Å²) in [6.07, 6.45) is -0.619. The highest BCUT2D eigenvalue weighted by Gasteiger charge is 2.36. The Labute approximate surface area is 80.3 Å². The molecular weight excluding hydrogens is 192 g/mol. The largest absolute Gasteiger partial charge is 0.495 e. The van der Waals surface area contributed by atoms with Gasteiger partial charge in [0.15, 0.2) is 6.10 Å². The highest BCUT2D eigenvalue weighted by Crippen LogP contribution is 2.33. The predicted octanol–water partition coefficient (Wildman–Crippen LogP) is 1.78. The zero-order chi connectivity index (χ0) is 10.8. The quantitative estimate of drug-likeness (QED) is 0.814. The molecule has 1 aromatic heterocycles. The van der Waals surface area contributed by atoms with E-state index in [4.69, 9.17) is 4.74 Å². The normalized spacial score (nSPS) is 13.8. The number of nitrogens with zero attached hydrogens (tertiary/aromatic N) is 1. The van der Waals surface area contributed by atoms with Gasteiger partial charge in [0, 0.05) is 13.1 Å². The van der Waals surface area contributed by atoms with Gasteiger partial charge in [-0.05, 0) is 12.1 Å². The summed E-state index contributed by atoms with van der Waals surface area (Å²) >= 11 is 0. The minimum atomic E-state index is -3.23. The van der Waals surface area contributed by atoms with Gasteiger partial charge in [0.05, 0.1) is 7.11 Å². The monoisotopic (exact) mass is 203 g/mol. The van der Waals surface area contributed by atoms with Crippen molar-refractivity contribution in [3.8, 4) is 5.75 Å². The molecular formula is C9H11F2NO2. The van der Waals surface area contributed by atoms with E-state index in [-0.39, 0.29) is 11.4 Å². The number of pyridine rings is 1. The first-order chi connectivity index (χ1) is 6.46. The van der Waals surface area contributed by atoms with Crippen LogP contribution in [-0.4, -0.2) is 23.1 Å². The molecule has 1 unspecified atom stereocenters. The maximum Gasteiger partial charge on any atom is 0.276 e. The number of rotatable bonds is 3. The number of alkyl halides is 2. The summed E-state index contributed by atoms with van der Waals surface area (Å²) in [7, 11) is 1.33. The van der Waals surface area contributed by atoms with E-state index in [1.54, 1.807) is 6.07 Å². The summed E-state index contributed by atoms with van der Waals surface area (Å²) in [5.41, 5.74) is -0.150. The Kier molecular flexibility index (Phi) is 3.00. The Balaban J connectivity index is 3.06. The molecule has 0 bridgehead atoms. The fourth-order valence-electron chi connectivity index (χ4n) is 1.02. The highest BCUT2D eigenvalue weighted by atomic mass is 19.3. The van der Waals surface area contributed by atoms with Crippen LogP contribution in [0, 0.1) is 0 Å².